The van der Waals surface area contributed by atoms with Gasteiger partial charge in [-0.2, -0.15) is 11.8 Å². The molecule has 110 valence electrons. The van der Waals surface area contributed by atoms with Crippen molar-refractivity contribution in [1.82, 2.24) is 5.32 Å². The molecule has 0 radical (unpaired) electrons. The first-order valence-corrected chi connectivity index (χ1v) is 8.90. The van der Waals surface area contributed by atoms with Crippen molar-refractivity contribution >= 4 is 30.3 Å². The predicted molar refractivity (Wildman–Crippen MR) is 89.7 cm³/mol. The molecule has 1 aromatic rings. The molecule has 0 spiro atoms. The molecule has 1 saturated carbocycles. The summed E-state index contributed by atoms with van der Waals surface area (Å²) in [5, 5.41) is 3.13. The third-order valence-electron chi connectivity index (χ3n) is 4.11. The van der Waals surface area contributed by atoms with Crippen molar-refractivity contribution in [2.45, 2.75) is 48.2 Å². The second-order valence-electron chi connectivity index (χ2n) is 5.57. The van der Waals surface area contributed by atoms with E-state index in [1.54, 1.807) is 0 Å². The highest BCUT2D eigenvalue weighted by atomic mass is 32.2. The number of rotatable bonds is 5. The molecule has 1 amide bonds. The lowest BCUT2D eigenvalue weighted by Crippen LogP contribution is -2.42. The van der Waals surface area contributed by atoms with Crippen LogP contribution < -0.4 is 5.32 Å². The Morgan fingerprint density at radius 2 is 1.90 bits per heavy atom. The van der Waals surface area contributed by atoms with Gasteiger partial charge in [0.1, 0.15) is 0 Å². The van der Waals surface area contributed by atoms with Crippen molar-refractivity contribution < 1.29 is 4.79 Å². The summed E-state index contributed by atoms with van der Waals surface area (Å²) in [6.45, 7) is 0.803. The molecule has 0 heterocycles. The molecule has 4 heteroatoms. The van der Waals surface area contributed by atoms with Crippen molar-refractivity contribution in [2.24, 2.45) is 0 Å². The Hall–Kier alpha value is -0.610. The molecule has 1 aliphatic carbocycles. The van der Waals surface area contributed by atoms with Crippen LogP contribution >= 0.6 is 24.4 Å². The fourth-order valence-corrected chi connectivity index (χ4v) is 3.83. The van der Waals surface area contributed by atoms with Crippen LogP contribution in [-0.4, -0.2) is 23.5 Å². The number of carbonyl (C=O) groups is 1. The van der Waals surface area contributed by atoms with Crippen LogP contribution in [0.15, 0.2) is 29.2 Å². The number of thioether (sulfide) groups is 1. The smallest absolute Gasteiger partial charge is 0.224 e. The van der Waals surface area contributed by atoms with Crippen LogP contribution in [0.1, 0.15) is 37.7 Å². The van der Waals surface area contributed by atoms with Crippen molar-refractivity contribution in [3.8, 4) is 0 Å². The van der Waals surface area contributed by atoms with E-state index in [1.165, 1.54) is 32.1 Å². The molecular formula is C16H23NOS2. The molecule has 1 fully saturated rings. The van der Waals surface area contributed by atoms with Gasteiger partial charge in [0.25, 0.3) is 0 Å². The quantitative estimate of drug-likeness (QED) is 0.812. The summed E-state index contributed by atoms with van der Waals surface area (Å²) in [5.74, 6) is 0.121. The molecule has 1 N–H and O–H groups in total. The van der Waals surface area contributed by atoms with Crippen LogP contribution in [0.5, 0.6) is 0 Å². The normalized spacial score (nSPS) is 17.7. The number of amides is 1. The molecule has 20 heavy (non-hydrogen) atoms. The Morgan fingerprint density at radius 1 is 1.25 bits per heavy atom. The molecule has 0 unspecified atom stereocenters. The van der Waals surface area contributed by atoms with E-state index in [0.717, 1.165) is 17.0 Å². The van der Waals surface area contributed by atoms with E-state index < -0.39 is 0 Å². The fourth-order valence-electron chi connectivity index (χ4n) is 2.77. The third-order valence-corrected chi connectivity index (χ3v) is 5.82. The summed E-state index contributed by atoms with van der Waals surface area (Å²) in [5.41, 5.74) is 1.04. The van der Waals surface area contributed by atoms with Crippen LogP contribution in [-0.2, 0) is 11.2 Å². The predicted octanol–water partition coefficient (Wildman–Crippen LogP) is 3.70. The number of hydrogen-bond donors (Lipinski definition) is 2. The van der Waals surface area contributed by atoms with E-state index in [9.17, 15) is 4.79 Å². The van der Waals surface area contributed by atoms with Crippen LogP contribution in [0.4, 0.5) is 0 Å². The maximum absolute atomic E-state index is 12.1. The van der Waals surface area contributed by atoms with E-state index in [2.05, 4.69) is 24.2 Å². The molecule has 0 atom stereocenters. The number of nitrogens with one attached hydrogen (secondary N) is 1. The van der Waals surface area contributed by atoms with Crippen LogP contribution in [0.3, 0.4) is 0 Å². The Balaban J connectivity index is 1.83. The highest BCUT2D eigenvalue weighted by Crippen LogP contribution is 2.37. The first-order chi connectivity index (χ1) is 9.63. The van der Waals surface area contributed by atoms with Gasteiger partial charge in [-0.05, 0) is 36.8 Å². The fraction of sp³-hybridized carbons (Fsp3) is 0.562. The summed E-state index contributed by atoms with van der Waals surface area (Å²) in [4.78, 5) is 13.0. The first kappa shape index (κ1) is 15.8. The monoisotopic (exact) mass is 309 g/mol. The lowest BCUT2D eigenvalue weighted by Gasteiger charge is -2.35. The highest BCUT2D eigenvalue weighted by Gasteiger charge is 2.31. The van der Waals surface area contributed by atoms with Gasteiger partial charge in [0.05, 0.1) is 6.42 Å². The van der Waals surface area contributed by atoms with Gasteiger partial charge in [0.15, 0.2) is 0 Å². The van der Waals surface area contributed by atoms with E-state index in [-0.39, 0.29) is 10.7 Å². The van der Waals surface area contributed by atoms with Gasteiger partial charge in [0.2, 0.25) is 5.91 Å². The lowest BCUT2D eigenvalue weighted by molar-refractivity contribution is -0.120. The third kappa shape index (κ3) is 4.45. The Kier molecular flexibility index (Phi) is 5.85. The van der Waals surface area contributed by atoms with Gasteiger partial charge in [-0.3, -0.25) is 4.79 Å². The summed E-state index contributed by atoms with van der Waals surface area (Å²) in [7, 11) is 0. The van der Waals surface area contributed by atoms with E-state index in [1.807, 2.05) is 36.0 Å². The average molecular weight is 310 g/mol. The molecule has 0 bridgehead atoms. The van der Waals surface area contributed by atoms with E-state index in [0.29, 0.717) is 6.42 Å². The van der Waals surface area contributed by atoms with Crippen molar-refractivity contribution in [3.63, 3.8) is 0 Å². The van der Waals surface area contributed by atoms with Crippen LogP contribution in [0.25, 0.3) is 0 Å². The lowest BCUT2D eigenvalue weighted by atomic mass is 9.88. The topological polar surface area (TPSA) is 29.1 Å². The molecular weight excluding hydrogens is 286 g/mol. The second kappa shape index (κ2) is 7.41. The number of benzene rings is 1. The zero-order chi connectivity index (χ0) is 14.4. The van der Waals surface area contributed by atoms with Crippen LogP contribution in [0.2, 0.25) is 0 Å². The standard InChI is InChI=1S/C16H23NOS2/c1-20-16(9-3-2-4-10-16)12-17-15(18)11-13-5-7-14(19)8-6-13/h5-8,19H,2-4,9-12H2,1H3,(H,17,18). The second-order valence-corrected chi connectivity index (χ2v) is 7.36. The summed E-state index contributed by atoms with van der Waals surface area (Å²) in [6, 6.07) is 7.78. The molecule has 0 aromatic heterocycles. The van der Waals surface area contributed by atoms with E-state index >= 15 is 0 Å². The Bertz CT molecular complexity index is 438. The SMILES string of the molecule is CSC1(CNC(=O)Cc2ccc(S)cc2)CCCCC1. The van der Waals surface area contributed by atoms with E-state index in [4.69, 9.17) is 0 Å². The minimum atomic E-state index is 0.121. The van der Waals surface area contributed by atoms with Gasteiger partial charge < -0.3 is 5.32 Å². The minimum absolute atomic E-state index is 0.121. The van der Waals surface area contributed by atoms with Crippen molar-refractivity contribution in [1.29, 1.82) is 0 Å². The molecule has 0 saturated heterocycles. The highest BCUT2D eigenvalue weighted by molar-refractivity contribution is 8.00. The van der Waals surface area contributed by atoms with Gasteiger partial charge in [-0.25, -0.2) is 0 Å². The largest absolute Gasteiger partial charge is 0.354 e. The maximum Gasteiger partial charge on any atom is 0.224 e. The zero-order valence-electron chi connectivity index (χ0n) is 12.0. The molecule has 0 aliphatic heterocycles. The first-order valence-electron chi connectivity index (χ1n) is 7.23. The number of carbonyl (C=O) groups excluding carboxylic acids is 1. The van der Waals surface area contributed by atoms with Gasteiger partial charge in [-0.15, -0.1) is 12.6 Å². The molecule has 1 aromatic carbocycles. The molecule has 1 aliphatic rings. The van der Waals surface area contributed by atoms with Gasteiger partial charge in [-0.1, -0.05) is 31.4 Å². The number of hydrogen-bond acceptors (Lipinski definition) is 3. The minimum Gasteiger partial charge on any atom is -0.354 e. The molecule has 2 nitrogen and oxygen atoms in total. The maximum atomic E-state index is 12.1. The number of thiol groups is 1. The Morgan fingerprint density at radius 3 is 2.50 bits per heavy atom. The zero-order valence-corrected chi connectivity index (χ0v) is 13.7. The van der Waals surface area contributed by atoms with Crippen molar-refractivity contribution in [2.75, 3.05) is 12.8 Å². The molecule has 2 rings (SSSR count). The summed E-state index contributed by atoms with van der Waals surface area (Å²) >= 11 is 6.17. The van der Waals surface area contributed by atoms with Crippen LogP contribution in [0, 0.1) is 0 Å². The Labute approximate surface area is 131 Å². The average Bonchev–Trinajstić information content (AvgIpc) is 2.49. The van der Waals surface area contributed by atoms with Gasteiger partial charge >= 0.3 is 0 Å². The summed E-state index contributed by atoms with van der Waals surface area (Å²) in [6.07, 6.45) is 9.00. The van der Waals surface area contributed by atoms with Gasteiger partial charge in [0, 0.05) is 16.2 Å². The summed E-state index contributed by atoms with van der Waals surface area (Å²) < 4.78 is 0.267. The van der Waals surface area contributed by atoms with Crippen molar-refractivity contribution in [3.05, 3.63) is 29.8 Å².